The number of benzene rings is 1. The molecule has 24 heavy (non-hydrogen) atoms. The van der Waals surface area contributed by atoms with Crippen LogP contribution >= 0.6 is 24.0 Å². The van der Waals surface area contributed by atoms with Crippen molar-refractivity contribution in [2.24, 2.45) is 4.99 Å². The number of hydrogen-bond donors (Lipinski definition) is 2. The number of halogens is 2. The van der Waals surface area contributed by atoms with E-state index in [1.165, 1.54) is 18.4 Å². The minimum Gasteiger partial charge on any atom is -0.356 e. The lowest BCUT2D eigenvalue weighted by molar-refractivity contribution is 0.599. The van der Waals surface area contributed by atoms with Gasteiger partial charge in [0.25, 0.3) is 0 Å². The van der Waals surface area contributed by atoms with Gasteiger partial charge in [0.05, 0.1) is 5.75 Å². The van der Waals surface area contributed by atoms with Crippen molar-refractivity contribution in [3.63, 3.8) is 0 Å². The first kappa shape index (κ1) is 21.1. The Kier molecular flexibility index (Phi) is 8.96. The maximum absolute atomic E-state index is 13.1. The van der Waals surface area contributed by atoms with Crippen molar-refractivity contribution in [3.8, 4) is 0 Å². The molecule has 0 heterocycles. The highest BCUT2D eigenvalue weighted by molar-refractivity contribution is 14.0. The predicted octanol–water partition coefficient (Wildman–Crippen LogP) is 2.12. The van der Waals surface area contributed by atoms with Gasteiger partial charge in [0.15, 0.2) is 5.96 Å². The number of nitrogens with zero attached hydrogens (tertiary/aromatic N) is 1. The first-order chi connectivity index (χ1) is 10.9. The monoisotopic (exact) mass is 469 g/mol. The summed E-state index contributed by atoms with van der Waals surface area (Å²) in [4.78, 5) is 4.41. The maximum Gasteiger partial charge on any atom is 0.191 e. The van der Waals surface area contributed by atoms with E-state index >= 15 is 0 Å². The molecule has 0 radical (unpaired) electrons. The molecule has 1 aromatic carbocycles. The quantitative estimate of drug-likeness (QED) is 0.265. The van der Waals surface area contributed by atoms with Crippen molar-refractivity contribution in [1.29, 1.82) is 0 Å². The smallest absolute Gasteiger partial charge is 0.191 e. The molecule has 136 valence electrons. The molecule has 1 aliphatic rings. The van der Waals surface area contributed by atoms with E-state index in [1.807, 2.05) is 6.07 Å². The van der Waals surface area contributed by atoms with E-state index in [1.54, 1.807) is 6.07 Å². The second-order valence-corrected chi connectivity index (χ2v) is 8.20. The van der Waals surface area contributed by atoms with Crippen molar-refractivity contribution in [2.45, 2.75) is 31.7 Å². The van der Waals surface area contributed by atoms with Crippen molar-refractivity contribution < 1.29 is 12.8 Å². The lowest BCUT2D eigenvalue weighted by atomic mass is 10.1. The van der Waals surface area contributed by atoms with Crippen molar-refractivity contribution >= 4 is 39.8 Å². The van der Waals surface area contributed by atoms with Crippen LogP contribution in [0.5, 0.6) is 0 Å². The van der Waals surface area contributed by atoms with Crippen LogP contribution in [-0.2, 0) is 16.3 Å². The summed E-state index contributed by atoms with van der Waals surface area (Å²) in [5.41, 5.74) is 0.931. The molecule has 0 spiro atoms. The van der Waals surface area contributed by atoms with Crippen LogP contribution < -0.4 is 10.6 Å². The van der Waals surface area contributed by atoms with Crippen LogP contribution in [0.2, 0.25) is 0 Å². The molecule has 0 bridgehead atoms. The fraction of sp³-hybridized carbons (Fsp3) is 0.562. The highest BCUT2D eigenvalue weighted by atomic mass is 127. The Balaban J connectivity index is 0.00000288. The van der Waals surface area contributed by atoms with Crippen LogP contribution in [-0.4, -0.2) is 45.5 Å². The Morgan fingerprint density at radius 2 is 2.12 bits per heavy atom. The summed E-state index contributed by atoms with van der Waals surface area (Å²) in [6.45, 7) is 1.11. The van der Waals surface area contributed by atoms with Crippen LogP contribution in [0.1, 0.15) is 24.8 Å². The molecule has 0 aliphatic heterocycles. The summed E-state index contributed by atoms with van der Waals surface area (Å²) >= 11 is 0. The average molecular weight is 469 g/mol. The van der Waals surface area contributed by atoms with Gasteiger partial charge in [-0.2, -0.15) is 0 Å². The second kappa shape index (κ2) is 10.2. The Morgan fingerprint density at radius 1 is 1.38 bits per heavy atom. The highest BCUT2D eigenvalue weighted by Gasteiger charge is 2.22. The van der Waals surface area contributed by atoms with E-state index in [4.69, 9.17) is 0 Å². The van der Waals surface area contributed by atoms with Gasteiger partial charge in [0.1, 0.15) is 15.7 Å². The molecular weight excluding hydrogens is 444 g/mol. The van der Waals surface area contributed by atoms with E-state index in [2.05, 4.69) is 15.6 Å². The molecule has 0 aromatic heterocycles. The van der Waals surface area contributed by atoms with Crippen LogP contribution in [0, 0.1) is 5.82 Å². The first-order valence-corrected chi connectivity index (χ1v) is 9.95. The molecule has 8 heteroatoms. The number of hydrogen-bond acceptors (Lipinski definition) is 3. The van der Waals surface area contributed by atoms with Gasteiger partial charge in [0.2, 0.25) is 0 Å². The minimum atomic E-state index is -2.94. The first-order valence-electron chi connectivity index (χ1n) is 7.89. The fourth-order valence-corrected chi connectivity index (χ4v) is 2.76. The lowest BCUT2D eigenvalue weighted by Gasteiger charge is -2.12. The standard InChI is InChI=1S/C16H24FN3O2S.HI/c1-23(21,22)11-3-9-18-16(20-15-6-7-15)19-10-8-13-4-2-5-14(17)12-13;/h2,4-5,12,15H,3,6-11H2,1H3,(H2,18,19,20);1H. The zero-order valence-corrected chi connectivity index (χ0v) is 16.9. The van der Waals surface area contributed by atoms with Crippen molar-refractivity contribution in [2.75, 3.05) is 25.1 Å². The second-order valence-electron chi connectivity index (χ2n) is 5.94. The normalized spacial score (nSPS) is 14.8. The van der Waals surface area contributed by atoms with Crippen molar-refractivity contribution in [1.82, 2.24) is 10.6 Å². The molecule has 1 saturated carbocycles. The molecule has 1 fully saturated rings. The molecule has 0 saturated heterocycles. The van der Waals surface area contributed by atoms with Gasteiger partial charge in [-0.3, -0.25) is 4.99 Å². The third-order valence-corrected chi connectivity index (χ3v) is 4.49. The van der Waals surface area contributed by atoms with E-state index in [0.717, 1.165) is 18.4 Å². The molecule has 2 rings (SSSR count). The predicted molar refractivity (Wildman–Crippen MR) is 106 cm³/mol. The van der Waals surface area contributed by atoms with Crippen LogP contribution in [0.15, 0.2) is 29.3 Å². The van der Waals surface area contributed by atoms with Gasteiger partial charge in [-0.25, -0.2) is 12.8 Å². The van der Waals surface area contributed by atoms with E-state index in [0.29, 0.717) is 37.9 Å². The fourth-order valence-electron chi connectivity index (χ4n) is 2.11. The summed E-state index contributed by atoms with van der Waals surface area (Å²) < 4.78 is 35.3. The summed E-state index contributed by atoms with van der Waals surface area (Å²) in [6.07, 6.45) is 4.71. The topological polar surface area (TPSA) is 70.6 Å². The van der Waals surface area contributed by atoms with E-state index < -0.39 is 9.84 Å². The van der Waals surface area contributed by atoms with Crippen LogP contribution in [0.4, 0.5) is 4.39 Å². The number of sulfone groups is 1. The molecule has 2 N–H and O–H groups in total. The lowest BCUT2D eigenvalue weighted by Crippen LogP contribution is -2.39. The van der Waals surface area contributed by atoms with Gasteiger partial charge in [0, 0.05) is 25.4 Å². The SMILES string of the molecule is CS(=O)(=O)CCCN=C(NCCc1cccc(F)c1)NC1CC1.I. The summed E-state index contributed by atoms with van der Waals surface area (Å²) in [7, 11) is -2.94. The van der Waals surface area contributed by atoms with Gasteiger partial charge >= 0.3 is 0 Å². The molecule has 1 aromatic rings. The summed E-state index contributed by atoms with van der Waals surface area (Å²) in [5.74, 6) is 0.627. The molecule has 1 aliphatic carbocycles. The molecule has 0 atom stereocenters. The Bertz CT molecular complexity index is 648. The zero-order valence-electron chi connectivity index (χ0n) is 13.8. The Hall–Kier alpha value is -0.900. The zero-order chi connectivity index (χ0) is 16.7. The summed E-state index contributed by atoms with van der Waals surface area (Å²) in [5, 5.41) is 6.53. The Labute approximate surface area is 160 Å². The Morgan fingerprint density at radius 3 is 2.75 bits per heavy atom. The number of aliphatic imine (C=N–C) groups is 1. The van der Waals surface area contributed by atoms with Crippen LogP contribution in [0.3, 0.4) is 0 Å². The largest absolute Gasteiger partial charge is 0.356 e. The van der Waals surface area contributed by atoms with Gasteiger partial charge < -0.3 is 10.6 Å². The molecule has 0 unspecified atom stereocenters. The van der Waals surface area contributed by atoms with Gasteiger partial charge in [-0.05, 0) is 43.4 Å². The maximum atomic E-state index is 13.1. The molecular formula is C16H25FIN3O2S. The van der Waals surface area contributed by atoms with E-state index in [9.17, 15) is 12.8 Å². The third kappa shape index (κ3) is 9.41. The highest BCUT2D eigenvalue weighted by Crippen LogP contribution is 2.18. The average Bonchev–Trinajstić information content (AvgIpc) is 3.26. The van der Waals surface area contributed by atoms with E-state index in [-0.39, 0.29) is 35.5 Å². The number of guanidine groups is 1. The van der Waals surface area contributed by atoms with Gasteiger partial charge in [-0.1, -0.05) is 12.1 Å². The van der Waals surface area contributed by atoms with Crippen molar-refractivity contribution in [3.05, 3.63) is 35.6 Å². The van der Waals surface area contributed by atoms with Crippen LogP contribution in [0.25, 0.3) is 0 Å². The number of rotatable bonds is 8. The third-order valence-electron chi connectivity index (χ3n) is 3.46. The molecule has 5 nitrogen and oxygen atoms in total. The van der Waals surface area contributed by atoms with Gasteiger partial charge in [-0.15, -0.1) is 24.0 Å². The number of nitrogens with one attached hydrogen (secondary N) is 2. The summed E-state index contributed by atoms with van der Waals surface area (Å²) in [6, 6.07) is 7.01. The molecule has 0 amide bonds. The minimum absolute atomic E-state index is 0.